The molecule has 2 fully saturated rings. The standard InChI is InChI=1S/C26H30N4O2/c1-30-15-3-5-23(30)25-27-16-22(28-25)19-11-7-17(8-12-19)18-9-13-20(14-10-18)26(32)29-21-4-2-6-24(21)31/h7-14,16,21,23-24,31H,2-6,15H2,1H3,(H,27,28)(H,29,32)/t21-,23+,24-/m1/s1. The Morgan fingerprint density at radius 1 is 1.00 bits per heavy atom. The maximum Gasteiger partial charge on any atom is 0.251 e. The topological polar surface area (TPSA) is 81.2 Å². The van der Waals surface area contributed by atoms with Gasteiger partial charge < -0.3 is 15.4 Å². The second-order valence-electron chi connectivity index (χ2n) is 9.04. The van der Waals surface area contributed by atoms with E-state index in [0.29, 0.717) is 11.6 Å². The fourth-order valence-electron chi connectivity index (χ4n) is 4.92. The molecule has 1 saturated carbocycles. The number of carbonyl (C=O) groups is 1. The lowest BCUT2D eigenvalue weighted by molar-refractivity contribution is 0.0873. The Labute approximate surface area is 188 Å². The van der Waals surface area contributed by atoms with Crippen LogP contribution in [0.5, 0.6) is 0 Å². The van der Waals surface area contributed by atoms with E-state index in [1.54, 1.807) is 0 Å². The van der Waals surface area contributed by atoms with E-state index in [1.807, 2.05) is 30.5 Å². The molecule has 166 valence electrons. The summed E-state index contributed by atoms with van der Waals surface area (Å²) in [4.78, 5) is 23.0. The molecule has 6 heteroatoms. The van der Waals surface area contributed by atoms with Crippen LogP contribution in [0.2, 0.25) is 0 Å². The number of hydrogen-bond acceptors (Lipinski definition) is 4. The maximum atomic E-state index is 12.5. The summed E-state index contributed by atoms with van der Waals surface area (Å²) in [5.41, 5.74) is 4.82. The van der Waals surface area contributed by atoms with Gasteiger partial charge in [0.1, 0.15) is 5.82 Å². The number of carbonyl (C=O) groups excluding carboxylic acids is 1. The second kappa shape index (κ2) is 8.88. The summed E-state index contributed by atoms with van der Waals surface area (Å²) >= 11 is 0. The maximum absolute atomic E-state index is 12.5. The number of imidazole rings is 1. The highest BCUT2D eigenvalue weighted by molar-refractivity contribution is 5.95. The van der Waals surface area contributed by atoms with E-state index in [1.165, 1.54) is 6.42 Å². The SMILES string of the molecule is CN1CCC[C@H]1c1nc(-c2ccc(-c3ccc(C(=O)N[C@@H]4CCC[C@H]4O)cc3)cc2)c[nH]1. The number of H-pyrrole nitrogens is 1. The summed E-state index contributed by atoms with van der Waals surface area (Å²) in [6, 6.07) is 16.3. The highest BCUT2D eigenvalue weighted by Gasteiger charge is 2.27. The number of amides is 1. The molecule has 0 spiro atoms. The zero-order valence-electron chi connectivity index (χ0n) is 18.4. The van der Waals surface area contributed by atoms with Crippen molar-refractivity contribution < 1.29 is 9.90 Å². The molecule has 32 heavy (non-hydrogen) atoms. The van der Waals surface area contributed by atoms with Crippen molar-refractivity contribution in [3.63, 3.8) is 0 Å². The summed E-state index contributed by atoms with van der Waals surface area (Å²) < 4.78 is 0. The van der Waals surface area contributed by atoms with Crippen molar-refractivity contribution in [1.82, 2.24) is 20.2 Å². The number of nitrogens with one attached hydrogen (secondary N) is 2. The van der Waals surface area contributed by atoms with Crippen LogP contribution in [-0.4, -0.2) is 51.6 Å². The molecule has 1 aromatic heterocycles. The van der Waals surface area contributed by atoms with Gasteiger partial charge in [0, 0.05) is 17.3 Å². The van der Waals surface area contributed by atoms with E-state index in [0.717, 1.165) is 60.4 Å². The van der Waals surface area contributed by atoms with Crippen LogP contribution in [0.1, 0.15) is 54.3 Å². The number of nitrogens with zero attached hydrogens (tertiary/aromatic N) is 2. The van der Waals surface area contributed by atoms with Gasteiger partial charge in [0.05, 0.1) is 23.9 Å². The van der Waals surface area contributed by atoms with Crippen molar-refractivity contribution in [1.29, 1.82) is 0 Å². The normalized spacial score (nSPS) is 23.5. The number of aromatic amines is 1. The van der Waals surface area contributed by atoms with Crippen LogP contribution < -0.4 is 5.32 Å². The van der Waals surface area contributed by atoms with E-state index < -0.39 is 6.10 Å². The monoisotopic (exact) mass is 430 g/mol. The van der Waals surface area contributed by atoms with Gasteiger partial charge in [-0.1, -0.05) is 36.4 Å². The van der Waals surface area contributed by atoms with E-state index in [4.69, 9.17) is 4.98 Å². The minimum absolute atomic E-state index is 0.125. The van der Waals surface area contributed by atoms with Crippen LogP contribution in [0.25, 0.3) is 22.4 Å². The van der Waals surface area contributed by atoms with E-state index in [9.17, 15) is 9.90 Å². The first-order valence-electron chi connectivity index (χ1n) is 11.5. The van der Waals surface area contributed by atoms with E-state index >= 15 is 0 Å². The molecule has 3 atom stereocenters. The van der Waals surface area contributed by atoms with Gasteiger partial charge in [-0.25, -0.2) is 4.98 Å². The molecule has 2 aliphatic rings. The summed E-state index contributed by atoms with van der Waals surface area (Å²) in [6.07, 6.45) is 6.49. The second-order valence-corrected chi connectivity index (χ2v) is 9.04. The molecule has 2 heterocycles. The van der Waals surface area contributed by atoms with Crippen molar-refractivity contribution in [2.24, 2.45) is 0 Å². The fraction of sp³-hybridized carbons (Fsp3) is 0.385. The number of benzene rings is 2. The van der Waals surface area contributed by atoms with E-state index in [2.05, 4.69) is 46.5 Å². The zero-order valence-corrected chi connectivity index (χ0v) is 18.4. The third-order valence-corrected chi connectivity index (χ3v) is 6.89. The molecule has 1 aliphatic carbocycles. The average molecular weight is 431 g/mol. The quantitative estimate of drug-likeness (QED) is 0.568. The third-order valence-electron chi connectivity index (χ3n) is 6.89. The minimum atomic E-state index is -0.429. The molecule has 3 N–H and O–H groups in total. The lowest BCUT2D eigenvalue weighted by Gasteiger charge is -2.16. The van der Waals surface area contributed by atoms with Crippen molar-refractivity contribution in [2.45, 2.75) is 50.3 Å². The molecule has 6 nitrogen and oxygen atoms in total. The molecule has 5 rings (SSSR count). The Kier molecular flexibility index (Phi) is 5.81. The Morgan fingerprint density at radius 3 is 2.31 bits per heavy atom. The van der Waals surface area contributed by atoms with E-state index in [-0.39, 0.29) is 11.9 Å². The van der Waals surface area contributed by atoms with Crippen molar-refractivity contribution >= 4 is 5.91 Å². The van der Waals surface area contributed by atoms with Crippen molar-refractivity contribution in [2.75, 3.05) is 13.6 Å². The van der Waals surface area contributed by atoms with Crippen LogP contribution in [-0.2, 0) is 0 Å². The number of aliphatic hydroxyl groups is 1. The third kappa shape index (κ3) is 4.20. The summed E-state index contributed by atoms with van der Waals surface area (Å²) in [5.74, 6) is 0.920. The van der Waals surface area contributed by atoms with Gasteiger partial charge in [0.25, 0.3) is 5.91 Å². The van der Waals surface area contributed by atoms with Crippen LogP contribution in [0.15, 0.2) is 54.7 Å². The van der Waals surface area contributed by atoms with Gasteiger partial charge in [-0.15, -0.1) is 0 Å². The number of likely N-dealkylation sites (tertiary alicyclic amines) is 1. The molecule has 1 aliphatic heterocycles. The Balaban J connectivity index is 1.26. The molecular formula is C26H30N4O2. The van der Waals surface area contributed by atoms with Crippen LogP contribution in [0.4, 0.5) is 0 Å². The van der Waals surface area contributed by atoms with Gasteiger partial charge in [0.2, 0.25) is 0 Å². The van der Waals surface area contributed by atoms with Gasteiger partial charge in [-0.05, 0) is 69.0 Å². The molecule has 1 saturated heterocycles. The molecule has 0 bridgehead atoms. The number of hydrogen-bond donors (Lipinski definition) is 3. The first kappa shape index (κ1) is 20.9. The zero-order chi connectivity index (χ0) is 22.1. The predicted octanol–water partition coefficient (Wildman–Crippen LogP) is 4.15. The molecule has 0 unspecified atom stereocenters. The number of aromatic nitrogens is 2. The molecule has 0 radical (unpaired) electrons. The predicted molar refractivity (Wildman–Crippen MR) is 125 cm³/mol. The smallest absolute Gasteiger partial charge is 0.251 e. The highest BCUT2D eigenvalue weighted by atomic mass is 16.3. The van der Waals surface area contributed by atoms with Gasteiger partial charge >= 0.3 is 0 Å². The lowest BCUT2D eigenvalue weighted by atomic mass is 10.0. The van der Waals surface area contributed by atoms with Gasteiger partial charge in [-0.3, -0.25) is 9.69 Å². The molecular weight excluding hydrogens is 400 g/mol. The van der Waals surface area contributed by atoms with Gasteiger partial charge in [-0.2, -0.15) is 0 Å². The average Bonchev–Trinajstić information content (AvgIpc) is 3.56. The first-order valence-corrected chi connectivity index (χ1v) is 11.5. The summed E-state index contributed by atoms with van der Waals surface area (Å²) in [7, 11) is 2.15. The summed E-state index contributed by atoms with van der Waals surface area (Å²) in [5, 5.41) is 12.9. The molecule has 1 amide bonds. The number of aliphatic hydroxyl groups excluding tert-OH is 1. The Morgan fingerprint density at radius 2 is 1.69 bits per heavy atom. The highest BCUT2D eigenvalue weighted by Crippen LogP contribution is 2.30. The van der Waals surface area contributed by atoms with Crippen molar-refractivity contribution in [3.8, 4) is 22.4 Å². The van der Waals surface area contributed by atoms with Gasteiger partial charge in [0.15, 0.2) is 0 Å². The first-order chi connectivity index (χ1) is 15.6. The van der Waals surface area contributed by atoms with Crippen LogP contribution in [0.3, 0.4) is 0 Å². The van der Waals surface area contributed by atoms with Crippen LogP contribution in [0, 0.1) is 0 Å². The fourth-order valence-corrected chi connectivity index (χ4v) is 4.92. The van der Waals surface area contributed by atoms with Crippen LogP contribution >= 0.6 is 0 Å². The Hall–Kier alpha value is -2.96. The summed E-state index contributed by atoms with van der Waals surface area (Å²) in [6.45, 7) is 1.12. The minimum Gasteiger partial charge on any atom is -0.391 e. The molecule has 3 aromatic rings. The Bertz CT molecular complexity index is 1070. The lowest BCUT2D eigenvalue weighted by Crippen LogP contribution is -2.39. The van der Waals surface area contributed by atoms with Crippen molar-refractivity contribution in [3.05, 3.63) is 66.1 Å². The molecule has 2 aromatic carbocycles. The largest absolute Gasteiger partial charge is 0.391 e. The number of rotatable bonds is 5.